The lowest BCUT2D eigenvalue weighted by Gasteiger charge is -2.12. The molecule has 1 saturated heterocycles. The third-order valence-corrected chi connectivity index (χ3v) is 3.16. The largest absolute Gasteiger partial charge is 0.346 e. The summed E-state index contributed by atoms with van der Waals surface area (Å²) in [6.45, 7) is 0. The third kappa shape index (κ3) is 2.09. The number of nitrogens with zero attached hydrogens (tertiary/aromatic N) is 1. The van der Waals surface area contributed by atoms with Gasteiger partial charge >= 0.3 is 5.69 Å². The van der Waals surface area contributed by atoms with Gasteiger partial charge in [0.25, 0.3) is 5.56 Å². The van der Waals surface area contributed by atoms with Gasteiger partial charge in [-0.15, -0.1) is 0 Å². The van der Waals surface area contributed by atoms with Gasteiger partial charge in [-0.2, -0.15) is 0 Å². The Morgan fingerprint density at radius 1 is 1.50 bits per heavy atom. The lowest BCUT2D eigenvalue weighted by molar-refractivity contribution is -0.121. The molecule has 0 bridgehead atoms. The Hall–Kier alpha value is -0.960. The van der Waals surface area contributed by atoms with Crippen LogP contribution in [0.4, 0.5) is 0 Å². The highest BCUT2D eigenvalue weighted by Gasteiger charge is 2.33. The normalized spacial score (nSPS) is 24.9. The second-order valence-corrected chi connectivity index (χ2v) is 4.30. The Morgan fingerprint density at radius 2 is 2.25 bits per heavy atom. The molecule has 0 spiro atoms. The maximum Gasteiger partial charge on any atom is 0.330 e. The van der Waals surface area contributed by atoms with Gasteiger partial charge in [0.05, 0.1) is 6.42 Å². The summed E-state index contributed by atoms with van der Waals surface area (Å²) in [6, 6.07) is 1.23. The summed E-state index contributed by atoms with van der Waals surface area (Å²) in [5, 5.41) is 0. The number of ether oxygens (including phenoxy) is 1. The van der Waals surface area contributed by atoms with Crippen LogP contribution >= 0.6 is 22.6 Å². The van der Waals surface area contributed by atoms with Crippen LogP contribution in [-0.4, -0.2) is 25.9 Å². The molecule has 0 unspecified atom stereocenters. The van der Waals surface area contributed by atoms with Crippen molar-refractivity contribution in [2.24, 2.45) is 0 Å². The Labute approximate surface area is 104 Å². The highest BCUT2D eigenvalue weighted by Crippen LogP contribution is 2.24. The number of aromatic nitrogens is 2. The number of nitrogens with one attached hydrogen (secondary N) is 1. The lowest BCUT2D eigenvalue weighted by atomic mass is 10.2. The van der Waals surface area contributed by atoms with Gasteiger partial charge in [-0.3, -0.25) is 19.1 Å². The standard InChI is InChI=1S/C9H9IN2O4/c10-4-6-5(13)3-8(16-6)12-2-1-7(14)11-9(12)15/h1-2,6,8H,3-4H2,(H,11,14,15)/t6-,8-/m1/s1. The molecule has 0 amide bonds. The number of carbonyl (C=O) groups is 1. The molecule has 1 fully saturated rings. The van der Waals surface area contributed by atoms with Gasteiger partial charge in [0, 0.05) is 16.7 Å². The predicted octanol–water partition coefficient (Wildman–Crippen LogP) is -0.172. The number of hydrogen-bond acceptors (Lipinski definition) is 4. The molecule has 1 aromatic heterocycles. The van der Waals surface area contributed by atoms with E-state index in [1.54, 1.807) is 0 Å². The van der Waals surface area contributed by atoms with Crippen LogP contribution in [0.1, 0.15) is 12.6 Å². The first kappa shape index (κ1) is 11.5. The van der Waals surface area contributed by atoms with E-state index in [1.165, 1.54) is 16.8 Å². The van der Waals surface area contributed by atoms with Gasteiger partial charge in [0.1, 0.15) is 12.3 Å². The quantitative estimate of drug-likeness (QED) is 0.601. The van der Waals surface area contributed by atoms with Crippen molar-refractivity contribution in [3.8, 4) is 0 Å². The van der Waals surface area contributed by atoms with Crippen molar-refractivity contribution in [2.45, 2.75) is 18.8 Å². The number of Topliss-reactive ketones (excluding diaryl/α,β-unsaturated/α-hetero) is 1. The van der Waals surface area contributed by atoms with Crippen molar-refractivity contribution in [1.29, 1.82) is 0 Å². The van der Waals surface area contributed by atoms with Crippen LogP contribution in [0.2, 0.25) is 0 Å². The maximum atomic E-state index is 11.5. The number of carbonyl (C=O) groups excluding carboxylic acids is 1. The number of halogens is 1. The van der Waals surface area contributed by atoms with Crippen molar-refractivity contribution in [3.05, 3.63) is 33.1 Å². The summed E-state index contributed by atoms with van der Waals surface area (Å²) in [5.74, 6) is -0.0162. The zero-order valence-electron chi connectivity index (χ0n) is 8.18. The minimum Gasteiger partial charge on any atom is -0.346 e. The lowest BCUT2D eigenvalue weighted by Crippen LogP contribution is -2.31. The molecule has 16 heavy (non-hydrogen) atoms. The SMILES string of the molecule is O=C1C[C@H](n2ccc(=O)[nH]c2=O)O[C@@H]1CI. The van der Waals surface area contributed by atoms with Gasteiger partial charge < -0.3 is 4.74 Å². The minimum absolute atomic E-state index is 0.0162. The van der Waals surface area contributed by atoms with E-state index in [9.17, 15) is 14.4 Å². The van der Waals surface area contributed by atoms with Crippen LogP contribution in [0.25, 0.3) is 0 Å². The molecule has 7 heteroatoms. The molecular formula is C9H9IN2O4. The van der Waals surface area contributed by atoms with Gasteiger partial charge in [-0.1, -0.05) is 22.6 Å². The first-order chi connectivity index (χ1) is 7.61. The average Bonchev–Trinajstić information content (AvgIpc) is 2.59. The van der Waals surface area contributed by atoms with E-state index in [1.807, 2.05) is 0 Å². The molecule has 86 valence electrons. The Kier molecular flexibility index (Phi) is 3.24. The van der Waals surface area contributed by atoms with E-state index in [4.69, 9.17) is 4.74 Å². The van der Waals surface area contributed by atoms with Crippen molar-refractivity contribution in [2.75, 3.05) is 4.43 Å². The first-order valence-electron chi connectivity index (χ1n) is 4.67. The summed E-state index contributed by atoms with van der Waals surface area (Å²) in [4.78, 5) is 35.9. The van der Waals surface area contributed by atoms with E-state index in [0.717, 1.165) is 0 Å². The predicted molar refractivity (Wildman–Crippen MR) is 63.7 cm³/mol. The molecule has 0 aromatic carbocycles. The molecule has 0 aliphatic carbocycles. The van der Waals surface area contributed by atoms with Crippen LogP contribution in [0, 0.1) is 0 Å². The third-order valence-electron chi connectivity index (χ3n) is 2.36. The fraction of sp³-hybridized carbons (Fsp3) is 0.444. The fourth-order valence-corrected chi connectivity index (χ4v) is 2.26. The van der Waals surface area contributed by atoms with Crippen LogP contribution in [0.3, 0.4) is 0 Å². The van der Waals surface area contributed by atoms with Gasteiger partial charge in [0.2, 0.25) is 0 Å². The van der Waals surface area contributed by atoms with Crippen LogP contribution in [0.5, 0.6) is 0 Å². The number of hydrogen-bond donors (Lipinski definition) is 1. The van der Waals surface area contributed by atoms with Crippen molar-refractivity contribution in [3.63, 3.8) is 0 Å². The molecule has 6 nitrogen and oxygen atoms in total. The maximum absolute atomic E-state index is 11.5. The molecular weight excluding hydrogens is 327 g/mol. The number of aromatic amines is 1. The summed E-state index contributed by atoms with van der Waals surface area (Å²) in [6.07, 6.45) is 0.454. The van der Waals surface area contributed by atoms with Crippen LogP contribution in [-0.2, 0) is 9.53 Å². The molecule has 1 N–H and O–H groups in total. The summed E-state index contributed by atoms with van der Waals surface area (Å²) >= 11 is 2.06. The van der Waals surface area contributed by atoms with Crippen molar-refractivity contribution >= 4 is 28.4 Å². The second kappa shape index (κ2) is 4.50. The van der Waals surface area contributed by atoms with Crippen molar-refractivity contribution in [1.82, 2.24) is 9.55 Å². The summed E-state index contributed by atoms with van der Waals surface area (Å²) in [5.41, 5.74) is -1.02. The molecule has 1 aromatic rings. The Bertz CT molecular complexity index is 521. The molecule has 0 saturated carbocycles. The summed E-state index contributed by atoms with van der Waals surface area (Å²) < 4.78 is 7.20. The molecule has 1 aliphatic rings. The number of H-pyrrole nitrogens is 1. The zero-order valence-corrected chi connectivity index (χ0v) is 10.3. The van der Waals surface area contributed by atoms with Gasteiger partial charge in [-0.05, 0) is 0 Å². The number of rotatable bonds is 2. The van der Waals surface area contributed by atoms with Gasteiger partial charge in [0.15, 0.2) is 5.78 Å². The Morgan fingerprint density at radius 3 is 2.81 bits per heavy atom. The molecule has 0 radical (unpaired) electrons. The van der Waals surface area contributed by atoms with Crippen LogP contribution < -0.4 is 11.2 Å². The Balaban J connectivity index is 2.30. The molecule has 2 heterocycles. The van der Waals surface area contributed by atoms with Crippen molar-refractivity contribution < 1.29 is 9.53 Å². The summed E-state index contributed by atoms with van der Waals surface area (Å²) in [7, 11) is 0. The minimum atomic E-state index is -0.600. The molecule has 2 atom stereocenters. The fourth-order valence-electron chi connectivity index (χ4n) is 1.56. The monoisotopic (exact) mass is 336 g/mol. The number of ketones is 1. The highest BCUT2D eigenvalue weighted by molar-refractivity contribution is 14.1. The zero-order chi connectivity index (χ0) is 11.7. The van der Waals surface area contributed by atoms with Gasteiger partial charge in [-0.25, -0.2) is 4.79 Å². The molecule has 1 aliphatic heterocycles. The topological polar surface area (TPSA) is 81.2 Å². The average molecular weight is 336 g/mol. The molecule has 2 rings (SSSR count). The second-order valence-electron chi connectivity index (χ2n) is 3.42. The number of alkyl halides is 1. The highest BCUT2D eigenvalue weighted by atomic mass is 127. The van der Waals surface area contributed by atoms with E-state index >= 15 is 0 Å². The smallest absolute Gasteiger partial charge is 0.330 e. The van der Waals surface area contributed by atoms with E-state index in [-0.39, 0.29) is 12.2 Å². The van der Waals surface area contributed by atoms with E-state index in [0.29, 0.717) is 4.43 Å². The first-order valence-corrected chi connectivity index (χ1v) is 6.20. The van der Waals surface area contributed by atoms with E-state index in [2.05, 4.69) is 27.6 Å². The van der Waals surface area contributed by atoms with Crippen LogP contribution in [0.15, 0.2) is 21.9 Å². The van der Waals surface area contributed by atoms with E-state index < -0.39 is 23.6 Å².